The molecule has 0 amide bonds. The van der Waals surface area contributed by atoms with Gasteiger partial charge in [-0.3, -0.25) is 0 Å². The molecule has 1 atom stereocenters. The Morgan fingerprint density at radius 1 is 1.21 bits per heavy atom. The lowest BCUT2D eigenvalue weighted by molar-refractivity contribution is 0.152. The van der Waals surface area contributed by atoms with E-state index in [4.69, 9.17) is 0 Å². The molecule has 2 heterocycles. The van der Waals surface area contributed by atoms with Crippen molar-refractivity contribution < 1.29 is 8.42 Å². The van der Waals surface area contributed by atoms with E-state index in [1.807, 2.05) is 0 Å². The molecule has 0 aromatic rings. The van der Waals surface area contributed by atoms with Gasteiger partial charge in [0.2, 0.25) is 0 Å². The maximum atomic E-state index is 11.5. The lowest BCUT2D eigenvalue weighted by atomic mass is 10.2. The quantitative estimate of drug-likeness (QED) is 0.710. The van der Waals surface area contributed by atoms with Crippen molar-refractivity contribution in [3.05, 3.63) is 0 Å². The van der Waals surface area contributed by atoms with Gasteiger partial charge in [0.05, 0.1) is 11.5 Å². The van der Waals surface area contributed by atoms with Crippen molar-refractivity contribution in [1.82, 2.24) is 15.1 Å². The summed E-state index contributed by atoms with van der Waals surface area (Å²) in [7, 11) is -0.605. The maximum absolute atomic E-state index is 11.5. The SMILES string of the molecule is CN1CCN(CCCNC2CCCS(=O)(=O)C2)CC1. The van der Waals surface area contributed by atoms with E-state index in [9.17, 15) is 8.42 Å². The molecule has 6 heteroatoms. The zero-order chi connectivity index (χ0) is 13.7. The number of rotatable bonds is 5. The van der Waals surface area contributed by atoms with Crippen LogP contribution >= 0.6 is 0 Å². The Morgan fingerprint density at radius 2 is 1.95 bits per heavy atom. The van der Waals surface area contributed by atoms with Gasteiger partial charge < -0.3 is 15.1 Å². The summed E-state index contributed by atoms with van der Waals surface area (Å²) in [5.41, 5.74) is 0. The van der Waals surface area contributed by atoms with E-state index < -0.39 is 9.84 Å². The largest absolute Gasteiger partial charge is 0.313 e. The van der Waals surface area contributed by atoms with E-state index in [1.54, 1.807) is 0 Å². The highest BCUT2D eigenvalue weighted by molar-refractivity contribution is 7.91. The van der Waals surface area contributed by atoms with Crippen molar-refractivity contribution in [3.8, 4) is 0 Å². The lowest BCUT2D eigenvalue weighted by Gasteiger charge is -2.32. The second-order valence-corrected chi connectivity index (χ2v) is 8.13. The van der Waals surface area contributed by atoms with Crippen LogP contribution in [-0.2, 0) is 9.84 Å². The van der Waals surface area contributed by atoms with Crippen LogP contribution in [0.4, 0.5) is 0 Å². The minimum absolute atomic E-state index is 0.186. The number of nitrogens with zero attached hydrogens (tertiary/aromatic N) is 2. The zero-order valence-electron chi connectivity index (χ0n) is 12.0. The third kappa shape index (κ3) is 5.38. The van der Waals surface area contributed by atoms with E-state index in [0.717, 1.165) is 58.5 Å². The van der Waals surface area contributed by atoms with Crippen molar-refractivity contribution in [1.29, 1.82) is 0 Å². The van der Waals surface area contributed by atoms with Gasteiger partial charge in [0, 0.05) is 32.2 Å². The van der Waals surface area contributed by atoms with E-state index >= 15 is 0 Å². The third-order valence-corrected chi connectivity index (χ3v) is 5.96. The molecule has 0 bridgehead atoms. The number of nitrogens with one attached hydrogen (secondary N) is 1. The van der Waals surface area contributed by atoms with Crippen LogP contribution in [0.15, 0.2) is 0 Å². The molecule has 0 aromatic carbocycles. The highest BCUT2D eigenvalue weighted by atomic mass is 32.2. The Hall–Kier alpha value is -0.170. The zero-order valence-corrected chi connectivity index (χ0v) is 12.8. The summed E-state index contributed by atoms with van der Waals surface area (Å²) in [4.78, 5) is 4.86. The topological polar surface area (TPSA) is 52.6 Å². The molecule has 0 aromatic heterocycles. The highest BCUT2D eigenvalue weighted by Crippen LogP contribution is 2.11. The molecular formula is C13H27N3O2S. The molecule has 1 N–H and O–H groups in total. The highest BCUT2D eigenvalue weighted by Gasteiger charge is 2.24. The van der Waals surface area contributed by atoms with Crippen LogP contribution in [0.3, 0.4) is 0 Å². The van der Waals surface area contributed by atoms with Crippen molar-refractivity contribution in [3.63, 3.8) is 0 Å². The molecule has 0 aliphatic carbocycles. The molecule has 19 heavy (non-hydrogen) atoms. The fraction of sp³-hybridized carbons (Fsp3) is 1.00. The lowest BCUT2D eigenvalue weighted by Crippen LogP contribution is -2.45. The molecule has 2 aliphatic rings. The summed E-state index contributed by atoms with van der Waals surface area (Å²) >= 11 is 0. The van der Waals surface area contributed by atoms with Crippen molar-refractivity contribution in [2.75, 3.05) is 57.8 Å². The molecule has 2 aliphatic heterocycles. The van der Waals surface area contributed by atoms with Crippen LogP contribution in [0.2, 0.25) is 0 Å². The number of hydrogen-bond donors (Lipinski definition) is 1. The first kappa shape index (κ1) is 15.2. The summed E-state index contributed by atoms with van der Waals surface area (Å²) in [6, 6.07) is 0.186. The minimum Gasteiger partial charge on any atom is -0.313 e. The van der Waals surface area contributed by atoms with Crippen LogP contribution in [0.5, 0.6) is 0 Å². The number of sulfone groups is 1. The summed E-state index contributed by atoms with van der Waals surface area (Å²) in [5.74, 6) is 0.716. The molecule has 2 saturated heterocycles. The van der Waals surface area contributed by atoms with Crippen LogP contribution in [-0.4, -0.2) is 82.1 Å². The monoisotopic (exact) mass is 289 g/mol. The average molecular weight is 289 g/mol. The standard InChI is InChI=1S/C13H27N3O2S/c1-15-7-9-16(10-8-15)6-3-5-14-13-4-2-11-19(17,18)12-13/h13-14H,2-12H2,1H3. The second kappa shape index (κ2) is 7.02. The van der Waals surface area contributed by atoms with E-state index in [2.05, 4.69) is 22.2 Å². The Labute approximate surface area is 117 Å². The molecule has 1 unspecified atom stereocenters. The predicted molar refractivity (Wildman–Crippen MR) is 78.2 cm³/mol. The molecule has 0 radical (unpaired) electrons. The third-order valence-electron chi connectivity index (χ3n) is 4.14. The van der Waals surface area contributed by atoms with Gasteiger partial charge in [0.15, 0.2) is 9.84 Å². The first-order valence-corrected chi connectivity index (χ1v) is 9.22. The van der Waals surface area contributed by atoms with Gasteiger partial charge in [-0.15, -0.1) is 0 Å². The van der Waals surface area contributed by atoms with E-state index in [1.165, 1.54) is 0 Å². The van der Waals surface area contributed by atoms with Crippen LogP contribution in [0, 0.1) is 0 Å². The Balaban J connectivity index is 1.57. The Bertz CT molecular complexity index is 364. The Kier molecular flexibility index (Phi) is 5.62. The number of hydrogen-bond acceptors (Lipinski definition) is 5. The van der Waals surface area contributed by atoms with Crippen LogP contribution < -0.4 is 5.32 Å². The van der Waals surface area contributed by atoms with Crippen molar-refractivity contribution >= 4 is 9.84 Å². The summed E-state index contributed by atoms with van der Waals surface area (Å²) in [6.45, 7) is 6.71. The normalized spacial score (nSPS) is 29.4. The summed E-state index contributed by atoms with van der Waals surface area (Å²) in [5, 5.41) is 3.41. The maximum Gasteiger partial charge on any atom is 0.151 e. The van der Waals surface area contributed by atoms with Crippen LogP contribution in [0.1, 0.15) is 19.3 Å². The molecule has 2 fully saturated rings. The van der Waals surface area contributed by atoms with Gasteiger partial charge in [0.1, 0.15) is 0 Å². The van der Waals surface area contributed by atoms with Gasteiger partial charge in [0.25, 0.3) is 0 Å². The average Bonchev–Trinajstić information content (AvgIpc) is 2.36. The fourth-order valence-corrected chi connectivity index (χ4v) is 4.53. The molecule has 5 nitrogen and oxygen atoms in total. The van der Waals surface area contributed by atoms with Crippen molar-refractivity contribution in [2.45, 2.75) is 25.3 Å². The molecule has 0 spiro atoms. The van der Waals surface area contributed by atoms with Crippen molar-refractivity contribution in [2.24, 2.45) is 0 Å². The molecule has 2 rings (SSSR count). The minimum atomic E-state index is -2.77. The first-order valence-electron chi connectivity index (χ1n) is 7.40. The van der Waals surface area contributed by atoms with E-state index in [0.29, 0.717) is 11.5 Å². The smallest absolute Gasteiger partial charge is 0.151 e. The van der Waals surface area contributed by atoms with E-state index in [-0.39, 0.29) is 6.04 Å². The molecule has 0 saturated carbocycles. The second-order valence-electron chi connectivity index (χ2n) is 5.91. The molecular weight excluding hydrogens is 262 g/mol. The fourth-order valence-electron chi connectivity index (χ4n) is 2.86. The van der Waals surface area contributed by atoms with Gasteiger partial charge in [-0.2, -0.15) is 0 Å². The Morgan fingerprint density at radius 3 is 2.63 bits per heavy atom. The predicted octanol–water partition coefficient (Wildman–Crippen LogP) is -0.209. The van der Waals surface area contributed by atoms with Gasteiger partial charge in [-0.25, -0.2) is 8.42 Å². The first-order chi connectivity index (χ1) is 9.05. The van der Waals surface area contributed by atoms with Crippen LogP contribution in [0.25, 0.3) is 0 Å². The summed E-state index contributed by atoms with van der Waals surface area (Å²) < 4.78 is 23.0. The van der Waals surface area contributed by atoms with Gasteiger partial charge >= 0.3 is 0 Å². The number of piperazine rings is 1. The van der Waals surface area contributed by atoms with Gasteiger partial charge in [-0.05, 0) is 39.4 Å². The molecule has 112 valence electrons. The summed E-state index contributed by atoms with van der Waals surface area (Å²) in [6.07, 6.45) is 2.94. The number of likely N-dealkylation sites (N-methyl/N-ethyl adjacent to an activating group) is 1. The van der Waals surface area contributed by atoms with Gasteiger partial charge in [-0.1, -0.05) is 0 Å².